The quantitative estimate of drug-likeness (QED) is 0.704. The number of piperidine rings is 1. The number of ether oxygens (including phenoxy) is 1. The van der Waals surface area contributed by atoms with Crippen LogP contribution in [0.2, 0.25) is 0 Å². The maximum absolute atomic E-state index is 13.0. The Morgan fingerprint density at radius 1 is 1.13 bits per heavy atom. The first-order chi connectivity index (χ1) is 14.5. The number of benzene rings is 2. The van der Waals surface area contributed by atoms with E-state index >= 15 is 0 Å². The summed E-state index contributed by atoms with van der Waals surface area (Å²) in [6.45, 7) is 3.89. The molecule has 1 aliphatic heterocycles. The fourth-order valence-electron chi connectivity index (χ4n) is 3.82. The molecular formula is C23H26N4O3. The van der Waals surface area contributed by atoms with Gasteiger partial charge in [-0.3, -0.25) is 9.59 Å². The Morgan fingerprint density at radius 3 is 2.60 bits per heavy atom. The zero-order valence-corrected chi connectivity index (χ0v) is 17.3. The van der Waals surface area contributed by atoms with Gasteiger partial charge in [-0.2, -0.15) is 5.10 Å². The number of anilines is 2. The Bertz CT molecular complexity index is 1120. The molecule has 4 rings (SSSR count). The van der Waals surface area contributed by atoms with Crippen LogP contribution < -0.4 is 20.5 Å². The first kappa shape index (κ1) is 19.9. The Morgan fingerprint density at radius 2 is 1.87 bits per heavy atom. The highest BCUT2D eigenvalue weighted by Gasteiger charge is 2.21. The highest BCUT2D eigenvalue weighted by Crippen LogP contribution is 2.26. The summed E-state index contributed by atoms with van der Waals surface area (Å²) >= 11 is 0. The monoisotopic (exact) mass is 406 g/mol. The first-order valence-electron chi connectivity index (χ1n) is 10.2. The van der Waals surface area contributed by atoms with E-state index in [9.17, 15) is 9.59 Å². The van der Waals surface area contributed by atoms with Gasteiger partial charge in [0, 0.05) is 30.2 Å². The summed E-state index contributed by atoms with van der Waals surface area (Å²) in [6.07, 6.45) is 2.18. The predicted octanol–water partition coefficient (Wildman–Crippen LogP) is 3.28. The molecule has 0 spiro atoms. The third-order valence-corrected chi connectivity index (χ3v) is 5.58. The summed E-state index contributed by atoms with van der Waals surface area (Å²) in [5.41, 5.74) is 0.346. The molecule has 0 radical (unpaired) electrons. The molecule has 0 atom stereocenters. The third-order valence-electron chi connectivity index (χ3n) is 5.58. The second-order valence-corrected chi connectivity index (χ2v) is 7.78. The van der Waals surface area contributed by atoms with Crippen LogP contribution in [0.15, 0.2) is 53.3 Å². The zero-order chi connectivity index (χ0) is 21.1. The number of methoxy groups -OCH3 is 1. The Hall–Kier alpha value is -3.35. The van der Waals surface area contributed by atoms with E-state index in [4.69, 9.17) is 4.74 Å². The highest BCUT2D eigenvalue weighted by molar-refractivity contribution is 5.93. The van der Waals surface area contributed by atoms with Crippen molar-refractivity contribution in [3.63, 3.8) is 0 Å². The van der Waals surface area contributed by atoms with Crippen molar-refractivity contribution in [2.75, 3.05) is 30.4 Å². The van der Waals surface area contributed by atoms with E-state index in [-0.39, 0.29) is 18.0 Å². The lowest BCUT2D eigenvalue weighted by Gasteiger charge is -2.32. The minimum Gasteiger partial charge on any atom is -0.497 e. The molecule has 0 saturated carbocycles. The number of carbonyl (C=O) groups excluding carboxylic acids is 1. The van der Waals surface area contributed by atoms with E-state index in [0.717, 1.165) is 37.1 Å². The van der Waals surface area contributed by atoms with Gasteiger partial charge in [-0.05, 0) is 37.0 Å². The lowest BCUT2D eigenvalue weighted by Crippen LogP contribution is -2.37. The van der Waals surface area contributed by atoms with Gasteiger partial charge in [-0.15, -0.1) is 0 Å². The van der Waals surface area contributed by atoms with Crippen LogP contribution in [0.3, 0.4) is 0 Å². The maximum Gasteiger partial charge on any atom is 0.275 e. The number of nitrogens with zero attached hydrogens (tertiary/aromatic N) is 3. The molecule has 3 aromatic rings. The summed E-state index contributed by atoms with van der Waals surface area (Å²) < 4.78 is 6.46. The lowest BCUT2D eigenvalue weighted by molar-refractivity contribution is -0.117. The topological polar surface area (TPSA) is 76.5 Å². The van der Waals surface area contributed by atoms with Crippen molar-refractivity contribution in [3.8, 4) is 5.75 Å². The highest BCUT2D eigenvalue weighted by atomic mass is 16.5. The van der Waals surface area contributed by atoms with Gasteiger partial charge in [0.15, 0.2) is 5.82 Å². The van der Waals surface area contributed by atoms with E-state index < -0.39 is 0 Å². The van der Waals surface area contributed by atoms with Crippen molar-refractivity contribution in [2.45, 2.75) is 26.3 Å². The Balaban J connectivity index is 1.64. The van der Waals surface area contributed by atoms with Crippen LogP contribution in [-0.4, -0.2) is 35.9 Å². The molecule has 2 heterocycles. The van der Waals surface area contributed by atoms with Gasteiger partial charge in [0.05, 0.1) is 12.5 Å². The summed E-state index contributed by atoms with van der Waals surface area (Å²) in [5, 5.41) is 8.84. The SMILES string of the molecule is COc1cccc(NC(=O)Cn2nc(N3CCC(C)CC3)c3ccccc3c2=O)c1. The molecule has 1 fully saturated rings. The molecule has 1 aliphatic rings. The number of aromatic nitrogens is 2. The molecule has 1 amide bonds. The van der Waals surface area contributed by atoms with Crippen LogP contribution in [0.5, 0.6) is 5.75 Å². The summed E-state index contributed by atoms with van der Waals surface area (Å²) in [7, 11) is 1.57. The average molecular weight is 406 g/mol. The number of amides is 1. The maximum atomic E-state index is 13.0. The van der Waals surface area contributed by atoms with Crippen LogP contribution in [0.25, 0.3) is 10.8 Å². The molecular weight excluding hydrogens is 380 g/mol. The Labute approximate surface area is 175 Å². The molecule has 1 saturated heterocycles. The van der Waals surface area contributed by atoms with Crippen LogP contribution in [0.4, 0.5) is 11.5 Å². The molecule has 1 N–H and O–H groups in total. The second-order valence-electron chi connectivity index (χ2n) is 7.78. The standard InChI is InChI=1S/C23H26N4O3/c1-16-10-12-26(13-11-16)22-19-8-3-4-9-20(19)23(29)27(25-22)15-21(28)24-17-6-5-7-18(14-17)30-2/h3-9,14,16H,10-13,15H2,1-2H3,(H,24,28). The molecule has 7 heteroatoms. The van der Waals surface area contributed by atoms with E-state index in [1.54, 1.807) is 37.4 Å². The van der Waals surface area contributed by atoms with Crippen LogP contribution >= 0.6 is 0 Å². The smallest absolute Gasteiger partial charge is 0.275 e. The van der Waals surface area contributed by atoms with Crippen molar-refractivity contribution >= 4 is 28.2 Å². The van der Waals surface area contributed by atoms with Gasteiger partial charge in [0.2, 0.25) is 5.91 Å². The molecule has 7 nitrogen and oxygen atoms in total. The predicted molar refractivity (Wildman–Crippen MR) is 118 cm³/mol. The number of fused-ring (bicyclic) bond motifs is 1. The summed E-state index contributed by atoms with van der Waals surface area (Å²) in [4.78, 5) is 27.8. The third kappa shape index (κ3) is 4.15. The van der Waals surface area contributed by atoms with Gasteiger partial charge >= 0.3 is 0 Å². The van der Waals surface area contributed by atoms with E-state index in [1.807, 2.05) is 18.2 Å². The second kappa shape index (κ2) is 8.57. The fourth-order valence-corrected chi connectivity index (χ4v) is 3.82. The molecule has 0 unspecified atom stereocenters. The normalized spacial score (nSPS) is 14.7. The molecule has 156 valence electrons. The zero-order valence-electron chi connectivity index (χ0n) is 17.3. The summed E-state index contributed by atoms with van der Waals surface area (Å²) in [6, 6.07) is 14.6. The number of nitrogens with one attached hydrogen (secondary N) is 1. The van der Waals surface area contributed by atoms with Crippen molar-refractivity contribution in [2.24, 2.45) is 5.92 Å². The molecule has 0 bridgehead atoms. The van der Waals surface area contributed by atoms with Gasteiger partial charge < -0.3 is 15.0 Å². The number of rotatable bonds is 5. The van der Waals surface area contributed by atoms with Crippen molar-refractivity contribution in [1.82, 2.24) is 9.78 Å². The summed E-state index contributed by atoms with van der Waals surface area (Å²) in [5.74, 6) is 1.79. The average Bonchev–Trinajstić information content (AvgIpc) is 2.76. The fraction of sp³-hybridized carbons (Fsp3) is 0.348. The Kier molecular flexibility index (Phi) is 5.70. The first-order valence-corrected chi connectivity index (χ1v) is 10.2. The minimum atomic E-state index is -0.314. The largest absolute Gasteiger partial charge is 0.497 e. The van der Waals surface area contributed by atoms with Crippen LogP contribution in [-0.2, 0) is 11.3 Å². The van der Waals surface area contributed by atoms with Gasteiger partial charge in [-0.1, -0.05) is 31.2 Å². The van der Waals surface area contributed by atoms with E-state index in [2.05, 4.69) is 22.2 Å². The molecule has 2 aromatic carbocycles. The minimum absolute atomic E-state index is 0.155. The molecule has 1 aromatic heterocycles. The van der Waals surface area contributed by atoms with Gasteiger partial charge in [0.25, 0.3) is 5.56 Å². The van der Waals surface area contributed by atoms with Crippen molar-refractivity contribution in [1.29, 1.82) is 0 Å². The number of hydrogen-bond donors (Lipinski definition) is 1. The van der Waals surface area contributed by atoms with Crippen molar-refractivity contribution in [3.05, 3.63) is 58.9 Å². The van der Waals surface area contributed by atoms with Gasteiger partial charge in [-0.25, -0.2) is 4.68 Å². The van der Waals surface area contributed by atoms with Crippen LogP contribution in [0.1, 0.15) is 19.8 Å². The van der Waals surface area contributed by atoms with E-state index in [0.29, 0.717) is 22.7 Å². The number of carbonyl (C=O) groups is 1. The molecule has 30 heavy (non-hydrogen) atoms. The lowest BCUT2D eigenvalue weighted by atomic mass is 9.99. The van der Waals surface area contributed by atoms with E-state index in [1.165, 1.54) is 4.68 Å². The van der Waals surface area contributed by atoms with Crippen LogP contribution in [0, 0.1) is 5.92 Å². The molecule has 0 aliphatic carbocycles. The number of hydrogen-bond acceptors (Lipinski definition) is 5. The van der Waals surface area contributed by atoms with Gasteiger partial charge in [0.1, 0.15) is 12.3 Å². The van der Waals surface area contributed by atoms with Crippen molar-refractivity contribution < 1.29 is 9.53 Å².